The zero-order chi connectivity index (χ0) is 11.7. The maximum Gasteiger partial charge on any atom is 0.274 e. The van der Waals surface area contributed by atoms with Crippen LogP contribution in [0.2, 0.25) is 0 Å². The number of aromatic nitrogens is 2. The van der Waals surface area contributed by atoms with Gasteiger partial charge < -0.3 is 15.8 Å². The number of amides is 1. The molecular weight excluding hydrogens is 208 g/mol. The van der Waals surface area contributed by atoms with E-state index in [1.165, 1.54) is 0 Å². The second-order valence-electron chi connectivity index (χ2n) is 4.11. The van der Waals surface area contributed by atoms with Crippen molar-refractivity contribution in [3.8, 4) is 0 Å². The predicted octanol–water partition coefficient (Wildman–Crippen LogP) is 0.208. The third kappa shape index (κ3) is 1.88. The summed E-state index contributed by atoms with van der Waals surface area (Å²) in [5.41, 5.74) is 7.12. The first-order valence-electron chi connectivity index (χ1n) is 5.26. The minimum Gasteiger partial charge on any atom is -0.395 e. The number of anilines is 1. The van der Waals surface area contributed by atoms with Gasteiger partial charge in [0.1, 0.15) is 0 Å². The van der Waals surface area contributed by atoms with Gasteiger partial charge in [-0.05, 0) is 19.8 Å². The van der Waals surface area contributed by atoms with E-state index in [1.54, 1.807) is 14.0 Å². The van der Waals surface area contributed by atoms with Crippen molar-refractivity contribution in [1.82, 2.24) is 15.5 Å². The van der Waals surface area contributed by atoms with E-state index in [9.17, 15) is 4.79 Å². The molecule has 88 valence electrons. The number of hydrogen-bond donors (Lipinski definition) is 3. The standard InChI is InChI=1S/C10H16N4O2/c1-5-8(11)9(14-13-5)10(15)12-6-3-7(4-6)16-2/h6-7H,3-4,11H2,1-2H3,(H,12,15)(H,13,14). The molecule has 2 rings (SSSR count). The Balaban J connectivity index is 1.92. The van der Waals surface area contributed by atoms with Gasteiger partial charge in [-0.3, -0.25) is 9.89 Å². The molecule has 0 aliphatic heterocycles. The Morgan fingerprint density at radius 2 is 2.31 bits per heavy atom. The average molecular weight is 224 g/mol. The smallest absolute Gasteiger partial charge is 0.274 e. The summed E-state index contributed by atoms with van der Waals surface area (Å²) < 4.78 is 5.13. The van der Waals surface area contributed by atoms with Crippen LogP contribution in [0.1, 0.15) is 29.0 Å². The fourth-order valence-corrected chi connectivity index (χ4v) is 1.74. The molecule has 0 radical (unpaired) electrons. The van der Waals surface area contributed by atoms with Gasteiger partial charge in [-0.15, -0.1) is 0 Å². The molecule has 1 aliphatic rings. The van der Waals surface area contributed by atoms with Crippen molar-refractivity contribution in [1.29, 1.82) is 0 Å². The first-order valence-corrected chi connectivity index (χ1v) is 5.26. The molecule has 1 aromatic heterocycles. The summed E-state index contributed by atoms with van der Waals surface area (Å²) in [5, 5.41) is 9.43. The lowest BCUT2D eigenvalue weighted by atomic mass is 9.89. The highest BCUT2D eigenvalue weighted by Crippen LogP contribution is 2.23. The quantitative estimate of drug-likeness (QED) is 0.684. The van der Waals surface area contributed by atoms with Crippen molar-refractivity contribution < 1.29 is 9.53 Å². The SMILES string of the molecule is COC1CC(NC(=O)c2n[nH]c(C)c2N)C1. The van der Waals surface area contributed by atoms with Crippen molar-refractivity contribution in [3.05, 3.63) is 11.4 Å². The lowest BCUT2D eigenvalue weighted by molar-refractivity contribution is 0.0175. The summed E-state index contributed by atoms with van der Waals surface area (Å²) in [6.45, 7) is 1.78. The summed E-state index contributed by atoms with van der Waals surface area (Å²) in [5.74, 6) is -0.221. The molecule has 1 aliphatic carbocycles. The molecule has 0 atom stereocenters. The summed E-state index contributed by atoms with van der Waals surface area (Å²) in [6, 6.07) is 0.175. The molecule has 1 saturated carbocycles. The van der Waals surface area contributed by atoms with Crippen LogP contribution in [0.25, 0.3) is 0 Å². The minimum atomic E-state index is -0.221. The minimum absolute atomic E-state index is 0.175. The maximum absolute atomic E-state index is 11.8. The van der Waals surface area contributed by atoms with Crippen LogP contribution in [0.15, 0.2) is 0 Å². The van der Waals surface area contributed by atoms with Gasteiger partial charge >= 0.3 is 0 Å². The van der Waals surface area contributed by atoms with E-state index in [2.05, 4.69) is 15.5 Å². The number of nitrogen functional groups attached to an aromatic ring is 1. The number of aromatic amines is 1. The molecule has 4 N–H and O–H groups in total. The number of nitrogens with zero attached hydrogens (tertiary/aromatic N) is 1. The number of aryl methyl sites for hydroxylation is 1. The number of nitrogens with two attached hydrogens (primary N) is 1. The number of rotatable bonds is 3. The molecule has 0 unspecified atom stereocenters. The van der Waals surface area contributed by atoms with Crippen molar-refractivity contribution in [2.24, 2.45) is 0 Å². The van der Waals surface area contributed by atoms with Crippen LogP contribution in [0, 0.1) is 6.92 Å². The van der Waals surface area contributed by atoms with Crippen LogP contribution in [0.5, 0.6) is 0 Å². The summed E-state index contributed by atoms with van der Waals surface area (Å²) >= 11 is 0. The van der Waals surface area contributed by atoms with Gasteiger partial charge in [0.2, 0.25) is 0 Å². The predicted molar refractivity (Wildman–Crippen MR) is 59.0 cm³/mol. The molecule has 0 aromatic carbocycles. The van der Waals surface area contributed by atoms with Crippen LogP contribution >= 0.6 is 0 Å². The van der Waals surface area contributed by atoms with Crippen molar-refractivity contribution in [2.75, 3.05) is 12.8 Å². The number of methoxy groups -OCH3 is 1. The Hall–Kier alpha value is -1.56. The van der Waals surface area contributed by atoms with Crippen LogP contribution < -0.4 is 11.1 Å². The number of ether oxygens (including phenoxy) is 1. The second-order valence-corrected chi connectivity index (χ2v) is 4.11. The zero-order valence-corrected chi connectivity index (χ0v) is 9.41. The van der Waals surface area contributed by atoms with Crippen LogP contribution in [0.3, 0.4) is 0 Å². The first-order chi connectivity index (χ1) is 7.61. The Kier molecular flexibility index (Phi) is 2.82. The molecule has 1 heterocycles. The monoisotopic (exact) mass is 224 g/mol. The van der Waals surface area contributed by atoms with E-state index in [-0.39, 0.29) is 23.7 Å². The van der Waals surface area contributed by atoms with Crippen molar-refractivity contribution in [2.45, 2.75) is 31.9 Å². The van der Waals surface area contributed by atoms with Crippen molar-refractivity contribution >= 4 is 11.6 Å². The number of carbonyl (C=O) groups excluding carboxylic acids is 1. The van der Waals surface area contributed by atoms with Crippen LogP contribution in [-0.4, -0.2) is 35.4 Å². The Morgan fingerprint density at radius 1 is 1.62 bits per heavy atom. The molecular formula is C10H16N4O2. The highest BCUT2D eigenvalue weighted by Gasteiger charge is 2.31. The molecule has 1 amide bonds. The summed E-state index contributed by atoms with van der Waals surface area (Å²) in [6.07, 6.45) is 1.97. The molecule has 0 saturated heterocycles. The number of nitrogens with one attached hydrogen (secondary N) is 2. The molecule has 0 spiro atoms. The number of carbonyl (C=O) groups is 1. The number of hydrogen-bond acceptors (Lipinski definition) is 4. The number of H-pyrrole nitrogens is 1. The fourth-order valence-electron chi connectivity index (χ4n) is 1.74. The van der Waals surface area contributed by atoms with E-state index in [4.69, 9.17) is 10.5 Å². The van der Waals surface area contributed by atoms with E-state index < -0.39 is 0 Å². The largest absolute Gasteiger partial charge is 0.395 e. The zero-order valence-electron chi connectivity index (χ0n) is 9.41. The Bertz CT molecular complexity index is 396. The topological polar surface area (TPSA) is 93.0 Å². The van der Waals surface area contributed by atoms with Gasteiger partial charge in [0.15, 0.2) is 5.69 Å². The highest BCUT2D eigenvalue weighted by atomic mass is 16.5. The lowest BCUT2D eigenvalue weighted by Gasteiger charge is -2.34. The van der Waals surface area contributed by atoms with Gasteiger partial charge in [0.25, 0.3) is 5.91 Å². The normalized spacial score (nSPS) is 23.9. The lowest BCUT2D eigenvalue weighted by Crippen LogP contribution is -2.47. The third-order valence-electron chi connectivity index (χ3n) is 2.97. The van der Waals surface area contributed by atoms with Gasteiger partial charge in [0, 0.05) is 13.2 Å². The van der Waals surface area contributed by atoms with E-state index >= 15 is 0 Å². The molecule has 6 nitrogen and oxygen atoms in total. The average Bonchev–Trinajstić information content (AvgIpc) is 2.53. The maximum atomic E-state index is 11.8. The fraction of sp³-hybridized carbons (Fsp3) is 0.600. The van der Waals surface area contributed by atoms with Crippen LogP contribution in [0.4, 0.5) is 5.69 Å². The van der Waals surface area contributed by atoms with Gasteiger partial charge in [-0.25, -0.2) is 0 Å². The Labute approximate surface area is 93.5 Å². The third-order valence-corrected chi connectivity index (χ3v) is 2.97. The molecule has 1 fully saturated rings. The van der Waals surface area contributed by atoms with Gasteiger partial charge in [-0.2, -0.15) is 5.10 Å². The van der Waals surface area contributed by atoms with Crippen LogP contribution in [-0.2, 0) is 4.74 Å². The second kappa shape index (κ2) is 4.13. The van der Waals surface area contributed by atoms with Crippen molar-refractivity contribution in [3.63, 3.8) is 0 Å². The molecule has 1 aromatic rings. The molecule has 6 heteroatoms. The van der Waals surface area contributed by atoms with E-state index in [0.717, 1.165) is 12.8 Å². The molecule has 0 bridgehead atoms. The van der Waals surface area contributed by atoms with E-state index in [0.29, 0.717) is 11.4 Å². The summed E-state index contributed by atoms with van der Waals surface area (Å²) in [7, 11) is 1.68. The molecule has 16 heavy (non-hydrogen) atoms. The summed E-state index contributed by atoms with van der Waals surface area (Å²) in [4.78, 5) is 11.8. The van der Waals surface area contributed by atoms with Gasteiger partial charge in [-0.1, -0.05) is 0 Å². The van der Waals surface area contributed by atoms with Gasteiger partial charge in [0.05, 0.1) is 17.5 Å². The first kappa shape index (κ1) is 10.9. The Morgan fingerprint density at radius 3 is 2.81 bits per heavy atom. The highest BCUT2D eigenvalue weighted by molar-refractivity contribution is 5.97. The van der Waals surface area contributed by atoms with E-state index in [1.807, 2.05) is 0 Å².